The first kappa shape index (κ1) is 17.4. The van der Waals surface area contributed by atoms with E-state index in [0.29, 0.717) is 12.3 Å². The van der Waals surface area contributed by atoms with Gasteiger partial charge in [-0.05, 0) is 29.8 Å². The van der Waals surface area contributed by atoms with E-state index in [0.717, 1.165) is 21.9 Å². The summed E-state index contributed by atoms with van der Waals surface area (Å²) in [6.07, 6.45) is 0. The minimum absolute atomic E-state index is 0.0325. The van der Waals surface area contributed by atoms with Crippen molar-refractivity contribution in [2.24, 2.45) is 0 Å². The molecule has 0 fully saturated rings. The first-order chi connectivity index (χ1) is 12.1. The van der Waals surface area contributed by atoms with Gasteiger partial charge in [0.2, 0.25) is 11.8 Å². The lowest BCUT2D eigenvalue weighted by Crippen LogP contribution is -2.43. The SMILES string of the molecule is COc1ccc(CN(C)C(=O)CN2C(=O)CSc3ccccc32)cc1. The zero-order valence-corrected chi connectivity index (χ0v) is 15.1. The summed E-state index contributed by atoms with van der Waals surface area (Å²) in [6.45, 7) is 0.546. The summed E-state index contributed by atoms with van der Waals surface area (Å²) in [5.41, 5.74) is 1.83. The molecule has 2 aromatic rings. The van der Waals surface area contributed by atoms with Crippen LogP contribution in [-0.4, -0.2) is 43.2 Å². The molecule has 0 aromatic heterocycles. The third kappa shape index (κ3) is 3.96. The number of nitrogens with zero attached hydrogens (tertiary/aromatic N) is 2. The molecule has 6 heteroatoms. The van der Waals surface area contributed by atoms with Crippen molar-refractivity contribution in [1.29, 1.82) is 0 Å². The fourth-order valence-electron chi connectivity index (χ4n) is 2.68. The van der Waals surface area contributed by atoms with Gasteiger partial charge in [0.1, 0.15) is 12.3 Å². The van der Waals surface area contributed by atoms with Crippen molar-refractivity contribution < 1.29 is 14.3 Å². The van der Waals surface area contributed by atoms with E-state index in [1.165, 1.54) is 11.8 Å². The summed E-state index contributed by atoms with van der Waals surface area (Å²) in [5.74, 6) is 1.03. The van der Waals surface area contributed by atoms with Crippen LogP contribution in [0.2, 0.25) is 0 Å². The Morgan fingerprint density at radius 1 is 1.20 bits per heavy atom. The Kier molecular flexibility index (Phi) is 5.28. The van der Waals surface area contributed by atoms with Gasteiger partial charge in [-0.25, -0.2) is 0 Å². The maximum atomic E-state index is 12.6. The molecule has 3 rings (SSSR count). The number of fused-ring (bicyclic) bond motifs is 1. The molecule has 0 aliphatic carbocycles. The summed E-state index contributed by atoms with van der Waals surface area (Å²) < 4.78 is 5.14. The van der Waals surface area contributed by atoms with E-state index in [4.69, 9.17) is 4.74 Å². The normalized spacial score (nSPS) is 13.4. The van der Waals surface area contributed by atoms with Crippen molar-refractivity contribution >= 4 is 29.3 Å². The van der Waals surface area contributed by atoms with Gasteiger partial charge >= 0.3 is 0 Å². The monoisotopic (exact) mass is 356 g/mol. The lowest BCUT2D eigenvalue weighted by atomic mass is 10.2. The number of likely N-dealkylation sites (N-methyl/N-ethyl adjacent to an activating group) is 1. The molecular formula is C19H20N2O3S. The molecule has 1 aliphatic heterocycles. The molecule has 2 aromatic carbocycles. The Morgan fingerprint density at radius 3 is 2.64 bits per heavy atom. The van der Waals surface area contributed by atoms with E-state index in [9.17, 15) is 9.59 Å². The van der Waals surface area contributed by atoms with Crippen molar-refractivity contribution in [3.63, 3.8) is 0 Å². The zero-order chi connectivity index (χ0) is 17.8. The summed E-state index contributed by atoms with van der Waals surface area (Å²) in [5, 5.41) is 0. The molecular weight excluding hydrogens is 336 g/mol. The Hall–Kier alpha value is -2.47. The molecule has 0 unspecified atom stereocenters. The highest BCUT2D eigenvalue weighted by Crippen LogP contribution is 2.34. The molecule has 1 aliphatic rings. The second-order valence-corrected chi connectivity index (χ2v) is 6.85. The third-order valence-electron chi connectivity index (χ3n) is 4.11. The van der Waals surface area contributed by atoms with E-state index in [1.54, 1.807) is 24.0 Å². The Bertz CT molecular complexity index is 776. The van der Waals surface area contributed by atoms with Gasteiger partial charge in [-0.15, -0.1) is 11.8 Å². The van der Waals surface area contributed by atoms with Crippen LogP contribution in [0.25, 0.3) is 0 Å². The highest BCUT2D eigenvalue weighted by Gasteiger charge is 2.27. The van der Waals surface area contributed by atoms with Gasteiger partial charge in [-0.2, -0.15) is 0 Å². The molecule has 130 valence electrons. The van der Waals surface area contributed by atoms with Gasteiger partial charge in [0.15, 0.2) is 0 Å². The number of ether oxygens (including phenoxy) is 1. The van der Waals surface area contributed by atoms with Gasteiger partial charge in [-0.3, -0.25) is 9.59 Å². The highest BCUT2D eigenvalue weighted by molar-refractivity contribution is 8.00. The van der Waals surface area contributed by atoms with E-state index in [-0.39, 0.29) is 18.4 Å². The molecule has 25 heavy (non-hydrogen) atoms. The molecule has 0 bridgehead atoms. The molecule has 5 nitrogen and oxygen atoms in total. The predicted molar refractivity (Wildman–Crippen MR) is 99.0 cm³/mol. The van der Waals surface area contributed by atoms with Crippen LogP contribution in [0.5, 0.6) is 5.75 Å². The van der Waals surface area contributed by atoms with Crippen molar-refractivity contribution in [2.45, 2.75) is 11.4 Å². The average Bonchev–Trinajstić information content (AvgIpc) is 2.64. The molecule has 0 atom stereocenters. The van der Waals surface area contributed by atoms with Gasteiger partial charge in [-0.1, -0.05) is 24.3 Å². The molecule has 0 saturated heterocycles. The highest BCUT2D eigenvalue weighted by atomic mass is 32.2. The topological polar surface area (TPSA) is 49.9 Å². The summed E-state index contributed by atoms with van der Waals surface area (Å²) in [7, 11) is 3.37. The van der Waals surface area contributed by atoms with Crippen molar-refractivity contribution in [3.05, 3.63) is 54.1 Å². The van der Waals surface area contributed by atoms with Crippen molar-refractivity contribution in [3.8, 4) is 5.75 Å². The smallest absolute Gasteiger partial charge is 0.242 e. The fraction of sp³-hybridized carbons (Fsp3) is 0.263. The number of anilines is 1. The number of para-hydroxylation sites is 1. The first-order valence-electron chi connectivity index (χ1n) is 7.97. The van der Waals surface area contributed by atoms with Gasteiger partial charge < -0.3 is 14.5 Å². The van der Waals surface area contributed by atoms with Gasteiger partial charge in [0.05, 0.1) is 18.6 Å². The number of methoxy groups -OCH3 is 1. The van der Waals surface area contributed by atoms with Crippen LogP contribution >= 0.6 is 11.8 Å². The minimum Gasteiger partial charge on any atom is -0.497 e. The Labute approximate surface area is 151 Å². The number of hydrogen-bond donors (Lipinski definition) is 0. The third-order valence-corrected chi connectivity index (χ3v) is 5.15. The first-order valence-corrected chi connectivity index (χ1v) is 8.96. The maximum Gasteiger partial charge on any atom is 0.242 e. The number of carbonyl (C=O) groups is 2. The van der Waals surface area contributed by atoms with Gasteiger partial charge in [0, 0.05) is 18.5 Å². The summed E-state index contributed by atoms with van der Waals surface area (Å²) >= 11 is 1.51. The molecule has 1 heterocycles. The van der Waals surface area contributed by atoms with Crippen LogP contribution in [0.15, 0.2) is 53.4 Å². The number of amides is 2. The van der Waals surface area contributed by atoms with E-state index < -0.39 is 0 Å². The van der Waals surface area contributed by atoms with Crippen LogP contribution in [0.4, 0.5) is 5.69 Å². The minimum atomic E-state index is -0.0918. The lowest BCUT2D eigenvalue weighted by molar-refractivity contribution is -0.130. The second-order valence-electron chi connectivity index (χ2n) is 5.83. The molecule has 0 N–H and O–H groups in total. The van der Waals surface area contributed by atoms with Crippen LogP contribution in [0, 0.1) is 0 Å². The van der Waals surface area contributed by atoms with Crippen molar-refractivity contribution in [1.82, 2.24) is 4.90 Å². The van der Waals surface area contributed by atoms with Crippen LogP contribution < -0.4 is 9.64 Å². The maximum absolute atomic E-state index is 12.6. The zero-order valence-electron chi connectivity index (χ0n) is 14.3. The Morgan fingerprint density at radius 2 is 1.92 bits per heavy atom. The van der Waals surface area contributed by atoms with E-state index in [2.05, 4.69) is 0 Å². The second kappa shape index (κ2) is 7.61. The van der Waals surface area contributed by atoms with Gasteiger partial charge in [0.25, 0.3) is 0 Å². The number of thioether (sulfide) groups is 1. The molecule has 0 spiro atoms. The summed E-state index contributed by atoms with van der Waals surface area (Å²) in [4.78, 5) is 29.1. The van der Waals surface area contributed by atoms with Crippen molar-refractivity contribution in [2.75, 3.05) is 31.4 Å². The fourth-order valence-corrected chi connectivity index (χ4v) is 3.61. The largest absolute Gasteiger partial charge is 0.497 e. The number of carbonyl (C=O) groups excluding carboxylic acids is 2. The van der Waals surface area contributed by atoms with E-state index >= 15 is 0 Å². The molecule has 2 amide bonds. The van der Waals surface area contributed by atoms with Crippen LogP contribution in [0.3, 0.4) is 0 Å². The number of rotatable bonds is 5. The van der Waals surface area contributed by atoms with Crippen LogP contribution in [0.1, 0.15) is 5.56 Å². The number of hydrogen-bond acceptors (Lipinski definition) is 4. The lowest BCUT2D eigenvalue weighted by Gasteiger charge is -2.30. The molecule has 0 radical (unpaired) electrons. The quantitative estimate of drug-likeness (QED) is 0.827. The van der Waals surface area contributed by atoms with Crippen LogP contribution in [-0.2, 0) is 16.1 Å². The molecule has 0 saturated carbocycles. The standard InChI is InChI=1S/C19H20N2O3S/c1-20(11-14-7-9-15(24-2)10-8-14)18(22)12-21-16-5-3-4-6-17(16)25-13-19(21)23/h3-10H,11-13H2,1-2H3. The predicted octanol–water partition coefficient (Wildman–Crippen LogP) is 2.79. The summed E-state index contributed by atoms with van der Waals surface area (Å²) in [6, 6.07) is 15.3. The number of benzene rings is 2. The average molecular weight is 356 g/mol. The Balaban J connectivity index is 1.67. The van der Waals surface area contributed by atoms with E-state index in [1.807, 2.05) is 48.5 Å².